The van der Waals surface area contributed by atoms with Crippen LogP contribution in [0.2, 0.25) is 0 Å². The van der Waals surface area contributed by atoms with E-state index >= 15 is 0 Å². The predicted octanol–water partition coefficient (Wildman–Crippen LogP) is 14.5. The maximum atomic E-state index is 6.72. The highest BCUT2D eigenvalue weighted by atomic mass is 16.3. The van der Waals surface area contributed by atoms with E-state index in [9.17, 15) is 0 Å². The van der Waals surface area contributed by atoms with E-state index in [2.05, 4.69) is 114 Å². The van der Waals surface area contributed by atoms with Crippen molar-refractivity contribution in [2.45, 2.75) is 0 Å². The van der Waals surface area contributed by atoms with Gasteiger partial charge in [0.1, 0.15) is 16.7 Å². The summed E-state index contributed by atoms with van der Waals surface area (Å²) in [5.74, 6) is 2.35. The molecule has 0 aliphatic rings. The minimum Gasteiger partial charge on any atom is -0.456 e. The molecule has 0 saturated heterocycles. The summed E-state index contributed by atoms with van der Waals surface area (Å²) >= 11 is 0. The average Bonchev–Trinajstić information content (AvgIpc) is 4.07. The summed E-state index contributed by atoms with van der Waals surface area (Å²) in [6, 6.07) is 68.7. The van der Waals surface area contributed by atoms with Crippen molar-refractivity contribution in [3.05, 3.63) is 200 Å². The highest BCUT2D eigenvalue weighted by molar-refractivity contribution is 6.25. The number of para-hydroxylation sites is 1. The third-order valence-electron chi connectivity index (χ3n) is 12.1. The number of aromatic nitrogens is 5. The van der Waals surface area contributed by atoms with Crippen molar-refractivity contribution in [2.75, 3.05) is 0 Å². The molecule has 0 fully saturated rings. The molecule has 0 bridgehead atoms. The zero-order valence-electron chi connectivity index (χ0n) is 33.6. The van der Waals surface area contributed by atoms with Gasteiger partial charge in [-0.25, -0.2) is 19.9 Å². The Morgan fingerprint density at radius 1 is 0.381 bits per heavy atom. The van der Waals surface area contributed by atoms with Crippen molar-refractivity contribution in [3.8, 4) is 62.4 Å². The summed E-state index contributed by atoms with van der Waals surface area (Å²) in [5, 5.41) is 6.65. The molecule has 9 aromatic carbocycles. The van der Waals surface area contributed by atoms with Gasteiger partial charge in [0, 0.05) is 49.5 Å². The van der Waals surface area contributed by atoms with Gasteiger partial charge in [0.15, 0.2) is 23.1 Å². The maximum Gasteiger partial charge on any atom is 0.227 e. The van der Waals surface area contributed by atoms with Gasteiger partial charge < -0.3 is 13.4 Å². The lowest BCUT2D eigenvalue weighted by Gasteiger charge is -2.12. The molecule has 7 heteroatoms. The van der Waals surface area contributed by atoms with E-state index < -0.39 is 0 Å². The predicted molar refractivity (Wildman–Crippen MR) is 254 cm³/mol. The smallest absolute Gasteiger partial charge is 0.227 e. The maximum absolute atomic E-state index is 6.72. The molecular weight excluding hydrogens is 775 g/mol. The molecule has 7 nitrogen and oxygen atoms in total. The van der Waals surface area contributed by atoms with Crippen LogP contribution in [0.3, 0.4) is 0 Å². The monoisotopic (exact) mass is 807 g/mol. The Morgan fingerprint density at radius 3 is 1.89 bits per heavy atom. The molecule has 13 rings (SSSR count). The fourth-order valence-electron chi connectivity index (χ4n) is 9.19. The molecule has 0 unspecified atom stereocenters. The van der Waals surface area contributed by atoms with Crippen LogP contribution in [0.5, 0.6) is 0 Å². The summed E-state index contributed by atoms with van der Waals surface area (Å²) in [6.07, 6.45) is 0. The summed E-state index contributed by atoms with van der Waals surface area (Å²) in [6.45, 7) is 0. The van der Waals surface area contributed by atoms with Gasteiger partial charge in [0.25, 0.3) is 0 Å². The second-order valence-corrected chi connectivity index (χ2v) is 15.8. The first-order chi connectivity index (χ1) is 31.2. The van der Waals surface area contributed by atoms with E-state index in [1.54, 1.807) is 0 Å². The van der Waals surface area contributed by atoms with Crippen LogP contribution >= 0.6 is 0 Å². The van der Waals surface area contributed by atoms with E-state index in [0.29, 0.717) is 23.4 Å². The Morgan fingerprint density at radius 2 is 1.03 bits per heavy atom. The lowest BCUT2D eigenvalue weighted by molar-refractivity contribution is 0.621. The van der Waals surface area contributed by atoms with E-state index in [1.165, 1.54) is 16.2 Å². The second kappa shape index (κ2) is 13.9. The molecule has 13 aromatic rings. The molecule has 63 heavy (non-hydrogen) atoms. The Labute approximate surface area is 360 Å². The van der Waals surface area contributed by atoms with E-state index in [1.807, 2.05) is 91.0 Å². The zero-order valence-corrected chi connectivity index (χ0v) is 33.6. The largest absolute Gasteiger partial charge is 0.456 e. The van der Waals surface area contributed by atoms with Crippen LogP contribution in [-0.2, 0) is 0 Å². The van der Waals surface area contributed by atoms with Crippen LogP contribution in [0.25, 0.3) is 128 Å². The van der Waals surface area contributed by atoms with E-state index in [0.717, 1.165) is 88.5 Å². The number of nitrogens with zero attached hydrogens (tertiary/aromatic N) is 5. The zero-order chi connectivity index (χ0) is 41.4. The van der Waals surface area contributed by atoms with Crippen molar-refractivity contribution >= 4 is 65.6 Å². The Kier molecular flexibility index (Phi) is 7.77. The van der Waals surface area contributed by atoms with Crippen molar-refractivity contribution in [1.29, 1.82) is 0 Å². The highest BCUT2D eigenvalue weighted by Gasteiger charge is 2.22. The molecule has 0 N–H and O–H groups in total. The highest BCUT2D eigenvalue weighted by Crippen LogP contribution is 2.42. The van der Waals surface area contributed by atoms with Gasteiger partial charge in [-0.3, -0.25) is 0 Å². The molecule has 0 radical (unpaired) electrons. The molecule has 0 spiro atoms. The fraction of sp³-hybridized carbons (Fsp3) is 0. The van der Waals surface area contributed by atoms with Gasteiger partial charge in [-0.05, 0) is 82.6 Å². The van der Waals surface area contributed by atoms with E-state index in [-0.39, 0.29) is 0 Å². The molecule has 0 saturated carbocycles. The molecule has 4 aromatic heterocycles. The molecular formula is C56H33N5O2. The van der Waals surface area contributed by atoms with Gasteiger partial charge in [-0.15, -0.1) is 0 Å². The van der Waals surface area contributed by atoms with Crippen LogP contribution in [0, 0.1) is 0 Å². The summed E-state index contributed by atoms with van der Waals surface area (Å²) in [4.78, 5) is 20.4. The molecule has 0 amide bonds. The minimum atomic E-state index is 0.580. The van der Waals surface area contributed by atoms with Crippen LogP contribution in [0.4, 0.5) is 0 Å². The second-order valence-electron chi connectivity index (χ2n) is 15.8. The molecule has 294 valence electrons. The SMILES string of the molecule is c1ccc(-c2nc(-c3cccc(-c4cccc(-n5c6ccc7ccccc7c6c6ccc7nc(-c8ccccc8)oc7c65)c4)c3)nc(-c3cccc4oc5ccccc5c34)n2)cc1. The third-order valence-corrected chi connectivity index (χ3v) is 12.1. The number of furan rings is 1. The van der Waals surface area contributed by atoms with Crippen molar-refractivity contribution in [1.82, 2.24) is 24.5 Å². The average molecular weight is 808 g/mol. The lowest BCUT2D eigenvalue weighted by atomic mass is 10.0. The van der Waals surface area contributed by atoms with Crippen molar-refractivity contribution < 1.29 is 8.83 Å². The summed E-state index contributed by atoms with van der Waals surface area (Å²) < 4.78 is 15.3. The lowest BCUT2D eigenvalue weighted by Crippen LogP contribution is -2.00. The topological polar surface area (TPSA) is 82.8 Å². The number of hydrogen-bond acceptors (Lipinski definition) is 6. The number of hydrogen-bond donors (Lipinski definition) is 0. The first-order valence-electron chi connectivity index (χ1n) is 21.0. The third kappa shape index (κ3) is 5.67. The molecule has 4 heterocycles. The fourth-order valence-corrected chi connectivity index (χ4v) is 9.19. The summed E-state index contributed by atoms with van der Waals surface area (Å²) in [7, 11) is 0. The first-order valence-corrected chi connectivity index (χ1v) is 21.0. The Bertz CT molecular complexity index is 3920. The standard InChI is InChI=1S/C56H33N5O2/c1-3-15-35(16-4-1)53-58-54(60-55(59-53)44-25-13-27-48-50(44)42-24-9-10-26-47(42)62-48)39-21-11-19-37(32-39)38-20-12-22-40(33-38)61-46-31-28-34-14-7-8-23-41(34)49(46)43-29-30-45-52(51(43)61)63-56(57-45)36-17-5-2-6-18-36/h1-33H. The number of fused-ring (bicyclic) bond motifs is 10. The number of oxazole rings is 1. The Hall–Kier alpha value is -8.68. The van der Waals surface area contributed by atoms with Gasteiger partial charge in [-0.1, -0.05) is 140 Å². The Balaban J connectivity index is 0.986. The molecule has 0 aliphatic heterocycles. The first kappa shape index (κ1) is 35.1. The van der Waals surface area contributed by atoms with Gasteiger partial charge >= 0.3 is 0 Å². The van der Waals surface area contributed by atoms with Crippen LogP contribution in [0.15, 0.2) is 209 Å². The van der Waals surface area contributed by atoms with Crippen LogP contribution in [-0.4, -0.2) is 24.5 Å². The number of benzene rings is 9. The molecule has 0 aliphatic carbocycles. The van der Waals surface area contributed by atoms with Gasteiger partial charge in [0.2, 0.25) is 5.89 Å². The van der Waals surface area contributed by atoms with Crippen LogP contribution in [0.1, 0.15) is 0 Å². The van der Waals surface area contributed by atoms with Crippen molar-refractivity contribution in [3.63, 3.8) is 0 Å². The minimum absolute atomic E-state index is 0.580. The van der Waals surface area contributed by atoms with Crippen molar-refractivity contribution in [2.24, 2.45) is 0 Å². The summed E-state index contributed by atoms with van der Waals surface area (Å²) in [5.41, 5.74) is 11.9. The van der Waals surface area contributed by atoms with E-state index in [4.69, 9.17) is 28.8 Å². The van der Waals surface area contributed by atoms with Gasteiger partial charge in [-0.2, -0.15) is 0 Å². The van der Waals surface area contributed by atoms with Gasteiger partial charge in [0.05, 0.1) is 11.0 Å². The normalized spacial score (nSPS) is 11.8. The van der Waals surface area contributed by atoms with Crippen LogP contribution < -0.4 is 0 Å². The quantitative estimate of drug-likeness (QED) is 0.166. The molecule has 0 atom stereocenters. The number of rotatable bonds is 6.